The van der Waals surface area contributed by atoms with Crippen molar-refractivity contribution in [1.82, 2.24) is 5.43 Å². The molecule has 0 aliphatic heterocycles. The number of anilines is 1. The van der Waals surface area contributed by atoms with E-state index in [1.165, 1.54) is 11.3 Å². The number of carbonyl (C=O) groups excluding carboxylic acids is 3. The van der Waals surface area contributed by atoms with Gasteiger partial charge in [-0.2, -0.15) is 0 Å². The highest BCUT2D eigenvalue weighted by Crippen LogP contribution is 2.38. The molecule has 3 rings (SSSR count). The molecule has 148 valence electrons. The maximum Gasteiger partial charge on any atom is 0.274 e. The van der Waals surface area contributed by atoms with Gasteiger partial charge < -0.3 is 15.8 Å². The topological polar surface area (TPSA) is 137 Å². The smallest absolute Gasteiger partial charge is 0.274 e. The van der Waals surface area contributed by atoms with Gasteiger partial charge >= 0.3 is 0 Å². The summed E-state index contributed by atoms with van der Waals surface area (Å²) in [5.41, 5.74) is 9.36. The summed E-state index contributed by atoms with van der Waals surface area (Å²) >= 11 is 1.42. The number of aryl methyl sites for hydroxylation is 1. The van der Waals surface area contributed by atoms with Crippen LogP contribution in [0.3, 0.4) is 0 Å². The van der Waals surface area contributed by atoms with E-state index in [1.807, 2.05) is 5.43 Å². The molecule has 1 aromatic heterocycles. The molecule has 28 heavy (non-hydrogen) atoms. The van der Waals surface area contributed by atoms with E-state index < -0.39 is 17.9 Å². The molecule has 6 N–H and O–H groups in total. The minimum atomic E-state index is -0.764. The van der Waals surface area contributed by atoms with E-state index in [0.717, 1.165) is 36.1 Å². The minimum Gasteiger partial charge on any atom is -0.481 e. The molecule has 3 amide bonds. The Morgan fingerprint density at radius 1 is 1.14 bits per heavy atom. The number of hydrogen-bond acceptors (Lipinski definition) is 6. The Morgan fingerprint density at radius 3 is 2.46 bits per heavy atom. The van der Waals surface area contributed by atoms with E-state index >= 15 is 0 Å². The number of primary amides is 1. The summed E-state index contributed by atoms with van der Waals surface area (Å²) < 4.78 is 5.44. The fourth-order valence-corrected chi connectivity index (χ4v) is 4.44. The second kappa shape index (κ2) is 8.41. The number of hydrogen-bond donors (Lipinski definition) is 4. The summed E-state index contributed by atoms with van der Waals surface area (Å²) in [4.78, 5) is 37.1. The summed E-state index contributed by atoms with van der Waals surface area (Å²) in [5, 5.41) is 3.31. The average molecular weight is 402 g/mol. The molecule has 0 unspecified atom stereocenters. The van der Waals surface area contributed by atoms with Gasteiger partial charge in [-0.15, -0.1) is 11.3 Å². The highest BCUT2D eigenvalue weighted by Gasteiger charge is 2.25. The summed E-state index contributed by atoms with van der Waals surface area (Å²) in [5.74, 6) is 4.17. The molecule has 0 bridgehead atoms. The number of benzene rings is 1. The van der Waals surface area contributed by atoms with E-state index in [-0.39, 0.29) is 5.91 Å². The molecular formula is C19H22N4O4S. The zero-order chi connectivity index (χ0) is 20.3. The fourth-order valence-electron chi connectivity index (χ4n) is 3.15. The lowest BCUT2D eigenvalue weighted by Gasteiger charge is -2.13. The van der Waals surface area contributed by atoms with Gasteiger partial charge in [-0.05, 0) is 62.4 Å². The Bertz CT molecular complexity index is 907. The van der Waals surface area contributed by atoms with Crippen LogP contribution in [0.1, 0.15) is 50.9 Å². The van der Waals surface area contributed by atoms with Crippen LogP contribution in [0.25, 0.3) is 0 Å². The number of rotatable bonds is 6. The van der Waals surface area contributed by atoms with Crippen LogP contribution in [0.15, 0.2) is 24.3 Å². The zero-order valence-electron chi connectivity index (χ0n) is 15.4. The summed E-state index contributed by atoms with van der Waals surface area (Å²) in [6.07, 6.45) is 3.03. The predicted octanol–water partition coefficient (Wildman–Crippen LogP) is 1.74. The molecule has 0 saturated heterocycles. The Labute approximate surface area is 166 Å². The largest absolute Gasteiger partial charge is 0.481 e. The normalized spacial score (nSPS) is 13.9. The molecule has 0 radical (unpaired) electrons. The molecule has 1 aliphatic rings. The van der Waals surface area contributed by atoms with Gasteiger partial charge in [0, 0.05) is 10.4 Å². The fraction of sp³-hybridized carbons (Fsp3) is 0.316. The van der Waals surface area contributed by atoms with Gasteiger partial charge in [-0.1, -0.05) is 0 Å². The molecule has 0 saturated carbocycles. The van der Waals surface area contributed by atoms with Crippen molar-refractivity contribution in [2.75, 3.05) is 5.32 Å². The summed E-state index contributed by atoms with van der Waals surface area (Å²) in [6.45, 7) is 1.56. The predicted molar refractivity (Wildman–Crippen MR) is 106 cm³/mol. The number of fused-ring (bicyclic) bond motifs is 1. The third kappa shape index (κ3) is 4.15. The number of amides is 3. The van der Waals surface area contributed by atoms with Crippen molar-refractivity contribution in [2.45, 2.75) is 38.7 Å². The lowest BCUT2D eigenvalue weighted by molar-refractivity contribution is -0.127. The zero-order valence-corrected chi connectivity index (χ0v) is 16.2. The maximum atomic E-state index is 12.6. The second-order valence-electron chi connectivity index (χ2n) is 6.53. The van der Waals surface area contributed by atoms with Gasteiger partial charge in [0.05, 0.1) is 5.56 Å². The molecule has 9 heteroatoms. The van der Waals surface area contributed by atoms with Crippen LogP contribution in [0.2, 0.25) is 0 Å². The van der Waals surface area contributed by atoms with E-state index in [4.69, 9.17) is 16.3 Å². The molecule has 2 aromatic rings. The first-order chi connectivity index (χ1) is 13.4. The third-order valence-electron chi connectivity index (χ3n) is 4.59. The quantitative estimate of drug-likeness (QED) is 0.331. The first kappa shape index (κ1) is 19.8. The summed E-state index contributed by atoms with van der Waals surface area (Å²) in [6, 6.07) is 6.33. The van der Waals surface area contributed by atoms with Crippen molar-refractivity contribution in [1.29, 1.82) is 0 Å². The van der Waals surface area contributed by atoms with E-state index in [1.54, 1.807) is 31.2 Å². The average Bonchev–Trinajstić information content (AvgIpc) is 3.05. The van der Waals surface area contributed by atoms with Gasteiger partial charge in [0.1, 0.15) is 10.8 Å². The molecule has 1 aliphatic carbocycles. The molecule has 1 heterocycles. The van der Waals surface area contributed by atoms with Crippen LogP contribution in [-0.4, -0.2) is 23.8 Å². The van der Waals surface area contributed by atoms with Crippen molar-refractivity contribution in [3.8, 4) is 5.75 Å². The maximum absolute atomic E-state index is 12.6. The van der Waals surface area contributed by atoms with Crippen molar-refractivity contribution in [3.63, 3.8) is 0 Å². The standard InChI is InChI=1S/C19H22N4O4S/c1-10(17(25)23-21)27-12-8-6-11(7-9-12)18(26)22-19-15(16(20)24)13-4-2-3-5-14(13)28-19/h6-10H,2-5,21H2,1H3,(H2,20,24)(H,22,26)(H,23,25)/t10-/m0/s1. The van der Waals surface area contributed by atoms with Crippen molar-refractivity contribution >= 4 is 34.1 Å². The third-order valence-corrected chi connectivity index (χ3v) is 5.79. The molecule has 8 nitrogen and oxygen atoms in total. The van der Waals surface area contributed by atoms with Gasteiger partial charge in [0.25, 0.3) is 17.7 Å². The highest BCUT2D eigenvalue weighted by molar-refractivity contribution is 7.17. The molecule has 0 spiro atoms. The highest BCUT2D eigenvalue weighted by atomic mass is 32.1. The lowest BCUT2D eigenvalue weighted by atomic mass is 9.95. The van der Waals surface area contributed by atoms with Gasteiger partial charge in [-0.3, -0.25) is 19.8 Å². The van der Waals surface area contributed by atoms with E-state index in [2.05, 4.69) is 5.32 Å². The van der Waals surface area contributed by atoms with Gasteiger partial charge in [0.2, 0.25) is 0 Å². The van der Waals surface area contributed by atoms with Crippen LogP contribution in [0.4, 0.5) is 5.00 Å². The monoisotopic (exact) mass is 402 g/mol. The van der Waals surface area contributed by atoms with Crippen LogP contribution in [0, 0.1) is 0 Å². The van der Waals surface area contributed by atoms with Crippen LogP contribution in [0.5, 0.6) is 5.75 Å². The Hall–Kier alpha value is -2.91. The van der Waals surface area contributed by atoms with E-state index in [0.29, 0.717) is 21.9 Å². The number of carbonyl (C=O) groups is 3. The minimum absolute atomic E-state index is 0.347. The second-order valence-corrected chi connectivity index (χ2v) is 7.63. The lowest BCUT2D eigenvalue weighted by Crippen LogP contribution is -2.40. The molecule has 1 aromatic carbocycles. The number of hydrazine groups is 1. The van der Waals surface area contributed by atoms with Gasteiger partial charge in [0.15, 0.2) is 6.10 Å². The molecule has 0 fully saturated rings. The Kier molecular flexibility index (Phi) is 5.96. The Balaban J connectivity index is 1.74. The first-order valence-corrected chi connectivity index (χ1v) is 9.75. The number of nitrogens with two attached hydrogens (primary N) is 2. The van der Waals surface area contributed by atoms with E-state index in [9.17, 15) is 14.4 Å². The number of thiophene rings is 1. The van der Waals surface area contributed by atoms with Crippen LogP contribution in [-0.2, 0) is 17.6 Å². The summed E-state index contributed by atoms with van der Waals surface area (Å²) in [7, 11) is 0. The van der Waals surface area contributed by atoms with Crippen LogP contribution < -0.4 is 27.1 Å². The van der Waals surface area contributed by atoms with Crippen molar-refractivity contribution < 1.29 is 19.1 Å². The molecular weight excluding hydrogens is 380 g/mol. The Morgan fingerprint density at radius 2 is 1.82 bits per heavy atom. The molecule has 1 atom stereocenters. The number of nitrogens with one attached hydrogen (secondary N) is 2. The van der Waals surface area contributed by atoms with Crippen molar-refractivity contribution in [2.24, 2.45) is 11.6 Å². The first-order valence-electron chi connectivity index (χ1n) is 8.93. The van der Waals surface area contributed by atoms with Crippen LogP contribution >= 0.6 is 11.3 Å². The SMILES string of the molecule is C[C@H](Oc1ccc(C(=O)Nc2sc3c(c2C(N)=O)CCCC3)cc1)C(=O)NN. The van der Waals surface area contributed by atoms with Gasteiger partial charge in [-0.25, -0.2) is 5.84 Å². The number of ether oxygens (including phenoxy) is 1. The van der Waals surface area contributed by atoms with Crippen molar-refractivity contribution in [3.05, 3.63) is 45.8 Å².